The van der Waals surface area contributed by atoms with E-state index >= 15 is 0 Å². The fourth-order valence-electron chi connectivity index (χ4n) is 1.77. The van der Waals surface area contributed by atoms with E-state index in [2.05, 4.69) is 9.97 Å². The van der Waals surface area contributed by atoms with Gasteiger partial charge in [-0.2, -0.15) is 0 Å². The van der Waals surface area contributed by atoms with E-state index in [1.54, 1.807) is 0 Å². The number of likely N-dealkylation sites (N-methyl/N-ethyl adjacent to an activating group) is 1. The maximum Gasteiger partial charge on any atom is 0.189 e. The van der Waals surface area contributed by atoms with Crippen molar-refractivity contribution in [2.45, 2.75) is 5.16 Å². The molecule has 0 saturated carbocycles. The molecular weight excluding hydrogens is 294 g/mol. The molecule has 2 aromatic rings. The molecule has 20 heavy (non-hydrogen) atoms. The Balaban J connectivity index is 2.48. The summed E-state index contributed by atoms with van der Waals surface area (Å²) in [7, 11) is 1.89. The van der Waals surface area contributed by atoms with E-state index in [0.717, 1.165) is 17.1 Å². The molecule has 0 unspecified atom stereocenters. The smallest absolute Gasteiger partial charge is 0.189 e. The molecule has 1 aromatic carbocycles. The number of hydrogen-bond acceptors (Lipinski definition) is 5. The highest BCUT2D eigenvalue weighted by atomic mass is 35.5. The number of benzene rings is 1. The Morgan fingerprint density at radius 2 is 2.05 bits per heavy atom. The summed E-state index contributed by atoms with van der Waals surface area (Å²) in [5, 5.41) is 10.4. The van der Waals surface area contributed by atoms with Gasteiger partial charge in [0.05, 0.1) is 12.3 Å². The number of halogens is 1. The van der Waals surface area contributed by atoms with Crippen molar-refractivity contribution in [2.75, 3.05) is 31.4 Å². The standard InChI is InChI=1S/C14H16ClN3OS/c1-18(7-8-19)13-9-12(16-14(17-13)20-2)10-5-3-4-6-11(10)15/h3-6,9,19H,7-8H2,1-2H3. The molecule has 0 spiro atoms. The summed E-state index contributed by atoms with van der Waals surface area (Å²) in [6.07, 6.45) is 1.93. The molecule has 0 aliphatic heterocycles. The van der Waals surface area contributed by atoms with Crippen LogP contribution in [0.2, 0.25) is 5.02 Å². The molecule has 1 heterocycles. The second kappa shape index (κ2) is 6.92. The highest BCUT2D eigenvalue weighted by molar-refractivity contribution is 7.98. The summed E-state index contributed by atoms with van der Waals surface area (Å²) >= 11 is 7.71. The topological polar surface area (TPSA) is 49.2 Å². The van der Waals surface area contributed by atoms with Gasteiger partial charge in [-0.05, 0) is 12.3 Å². The highest BCUT2D eigenvalue weighted by Gasteiger charge is 2.11. The minimum absolute atomic E-state index is 0.0799. The Labute approximate surface area is 127 Å². The number of nitrogens with zero attached hydrogens (tertiary/aromatic N) is 3. The van der Waals surface area contributed by atoms with Crippen molar-refractivity contribution in [3.05, 3.63) is 35.4 Å². The van der Waals surface area contributed by atoms with Gasteiger partial charge in [-0.25, -0.2) is 9.97 Å². The summed E-state index contributed by atoms with van der Waals surface area (Å²) in [6, 6.07) is 9.48. The molecule has 106 valence electrons. The van der Waals surface area contributed by atoms with Crippen LogP contribution in [0, 0.1) is 0 Å². The van der Waals surface area contributed by atoms with Crippen molar-refractivity contribution in [1.82, 2.24) is 9.97 Å². The molecule has 0 saturated heterocycles. The second-order valence-electron chi connectivity index (χ2n) is 4.22. The number of aliphatic hydroxyl groups is 1. The van der Waals surface area contributed by atoms with Gasteiger partial charge in [-0.15, -0.1) is 0 Å². The van der Waals surface area contributed by atoms with Crippen LogP contribution in [0.4, 0.5) is 5.82 Å². The monoisotopic (exact) mass is 309 g/mol. The van der Waals surface area contributed by atoms with E-state index in [1.807, 2.05) is 48.5 Å². The summed E-state index contributed by atoms with van der Waals surface area (Å²) in [6.45, 7) is 0.601. The Morgan fingerprint density at radius 3 is 2.70 bits per heavy atom. The minimum atomic E-state index is 0.0799. The van der Waals surface area contributed by atoms with Crippen LogP contribution in [0.3, 0.4) is 0 Å². The lowest BCUT2D eigenvalue weighted by molar-refractivity contribution is 0.303. The predicted octanol–water partition coefficient (Wildman–Crippen LogP) is 2.95. The SMILES string of the molecule is CSc1nc(-c2ccccc2Cl)cc(N(C)CCO)n1. The third-order valence-corrected chi connectivity index (χ3v) is 3.73. The fourth-order valence-corrected chi connectivity index (χ4v) is 2.38. The lowest BCUT2D eigenvalue weighted by atomic mass is 10.1. The van der Waals surface area contributed by atoms with Crippen molar-refractivity contribution < 1.29 is 5.11 Å². The third-order valence-electron chi connectivity index (χ3n) is 2.85. The normalized spacial score (nSPS) is 10.6. The zero-order chi connectivity index (χ0) is 14.5. The molecule has 0 aliphatic carbocycles. The van der Waals surface area contributed by atoms with Gasteiger partial charge in [0.1, 0.15) is 5.82 Å². The van der Waals surface area contributed by atoms with Crippen molar-refractivity contribution in [1.29, 1.82) is 0 Å². The number of aliphatic hydroxyl groups excluding tert-OH is 1. The molecule has 1 aromatic heterocycles. The quantitative estimate of drug-likeness (QED) is 0.680. The fraction of sp³-hybridized carbons (Fsp3) is 0.286. The van der Waals surface area contributed by atoms with Crippen LogP contribution in [0.1, 0.15) is 0 Å². The number of rotatable bonds is 5. The maximum atomic E-state index is 9.04. The number of thioether (sulfide) groups is 1. The summed E-state index contributed by atoms with van der Waals surface area (Å²) < 4.78 is 0. The van der Waals surface area contributed by atoms with Crippen LogP contribution in [-0.4, -0.2) is 41.5 Å². The molecule has 0 aliphatic rings. The number of aromatic nitrogens is 2. The van der Waals surface area contributed by atoms with Gasteiger partial charge in [-0.1, -0.05) is 41.6 Å². The molecule has 6 heteroatoms. The first-order valence-electron chi connectivity index (χ1n) is 6.15. The molecule has 0 fully saturated rings. The average Bonchev–Trinajstić information content (AvgIpc) is 2.47. The van der Waals surface area contributed by atoms with Gasteiger partial charge in [-0.3, -0.25) is 0 Å². The van der Waals surface area contributed by atoms with Crippen molar-refractivity contribution in [2.24, 2.45) is 0 Å². The zero-order valence-electron chi connectivity index (χ0n) is 11.4. The lowest BCUT2D eigenvalue weighted by Gasteiger charge is -2.18. The molecule has 4 nitrogen and oxygen atoms in total. The van der Waals surface area contributed by atoms with E-state index in [9.17, 15) is 0 Å². The van der Waals surface area contributed by atoms with Crippen LogP contribution in [0.25, 0.3) is 11.3 Å². The first-order chi connectivity index (χ1) is 9.65. The van der Waals surface area contributed by atoms with Crippen molar-refractivity contribution >= 4 is 29.2 Å². The average molecular weight is 310 g/mol. The van der Waals surface area contributed by atoms with Crippen LogP contribution in [0.5, 0.6) is 0 Å². The van der Waals surface area contributed by atoms with Gasteiger partial charge in [0, 0.05) is 30.2 Å². The zero-order valence-corrected chi connectivity index (χ0v) is 12.9. The van der Waals surface area contributed by atoms with Crippen molar-refractivity contribution in [3.8, 4) is 11.3 Å². The van der Waals surface area contributed by atoms with Gasteiger partial charge in [0.25, 0.3) is 0 Å². The van der Waals surface area contributed by atoms with Crippen LogP contribution >= 0.6 is 23.4 Å². The Morgan fingerprint density at radius 1 is 1.30 bits per heavy atom. The molecule has 1 N–H and O–H groups in total. The Kier molecular flexibility index (Phi) is 5.23. The van der Waals surface area contributed by atoms with Gasteiger partial charge in [0.15, 0.2) is 5.16 Å². The summed E-state index contributed by atoms with van der Waals surface area (Å²) in [5.41, 5.74) is 1.67. The molecule has 2 rings (SSSR count). The maximum absolute atomic E-state index is 9.04. The molecule has 0 bridgehead atoms. The van der Waals surface area contributed by atoms with E-state index in [-0.39, 0.29) is 6.61 Å². The van der Waals surface area contributed by atoms with Crippen LogP contribution in [-0.2, 0) is 0 Å². The van der Waals surface area contributed by atoms with Crippen molar-refractivity contribution in [3.63, 3.8) is 0 Å². The minimum Gasteiger partial charge on any atom is -0.395 e. The summed E-state index contributed by atoms with van der Waals surface area (Å²) in [4.78, 5) is 10.8. The number of anilines is 1. The van der Waals surface area contributed by atoms with E-state index < -0.39 is 0 Å². The lowest BCUT2D eigenvalue weighted by Crippen LogP contribution is -2.22. The molecular formula is C14H16ClN3OS. The Hall–Kier alpha value is -1.30. The van der Waals surface area contributed by atoms with E-state index in [0.29, 0.717) is 16.7 Å². The van der Waals surface area contributed by atoms with Crippen LogP contribution < -0.4 is 4.90 Å². The van der Waals surface area contributed by atoms with Crippen LogP contribution in [0.15, 0.2) is 35.5 Å². The van der Waals surface area contributed by atoms with E-state index in [4.69, 9.17) is 16.7 Å². The predicted molar refractivity (Wildman–Crippen MR) is 84.6 cm³/mol. The van der Waals surface area contributed by atoms with E-state index in [1.165, 1.54) is 11.8 Å². The second-order valence-corrected chi connectivity index (χ2v) is 5.40. The Bertz CT molecular complexity index is 594. The first kappa shape index (κ1) is 15.1. The molecule has 0 atom stereocenters. The van der Waals surface area contributed by atoms with Gasteiger partial charge >= 0.3 is 0 Å². The third kappa shape index (κ3) is 3.42. The largest absolute Gasteiger partial charge is 0.395 e. The first-order valence-corrected chi connectivity index (χ1v) is 7.76. The molecule has 0 amide bonds. The highest BCUT2D eigenvalue weighted by Crippen LogP contribution is 2.29. The molecule has 0 radical (unpaired) electrons. The summed E-state index contributed by atoms with van der Waals surface area (Å²) in [5.74, 6) is 0.772. The van der Waals surface area contributed by atoms with Gasteiger partial charge < -0.3 is 10.0 Å². The number of hydrogen-bond donors (Lipinski definition) is 1. The van der Waals surface area contributed by atoms with Gasteiger partial charge in [0.2, 0.25) is 0 Å².